The van der Waals surface area contributed by atoms with Gasteiger partial charge in [-0.25, -0.2) is 9.18 Å². The third kappa shape index (κ3) is 4.87. The van der Waals surface area contributed by atoms with Crippen LogP contribution in [0.2, 0.25) is 5.02 Å². The van der Waals surface area contributed by atoms with E-state index in [0.29, 0.717) is 0 Å². The standard InChI is InChI=1S/C17H23ClFNO2/c1-17(2,3)22-16(21)20-13-6-4-5-11(9-13)12-7-8-15(19)14(18)10-12/h7-8,10-11,13H,4-6,9H2,1-3H3,(H,20,21). The molecule has 0 radical (unpaired) electrons. The zero-order valence-corrected chi connectivity index (χ0v) is 14.0. The van der Waals surface area contributed by atoms with Crippen molar-refractivity contribution in [2.45, 2.75) is 64.0 Å². The van der Waals surface area contributed by atoms with E-state index in [1.54, 1.807) is 12.1 Å². The monoisotopic (exact) mass is 327 g/mol. The van der Waals surface area contributed by atoms with Crippen LogP contribution in [0.15, 0.2) is 18.2 Å². The Morgan fingerprint density at radius 1 is 1.36 bits per heavy atom. The first kappa shape index (κ1) is 17.1. The smallest absolute Gasteiger partial charge is 0.407 e. The Bertz CT molecular complexity index is 542. The maximum absolute atomic E-state index is 13.3. The fourth-order valence-electron chi connectivity index (χ4n) is 2.86. The molecule has 1 aromatic rings. The molecule has 1 aliphatic carbocycles. The SMILES string of the molecule is CC(C)(C)OC(=O)NC1CCCC(c2ccc(F)c(Cl)c2)C1. The topological polar surface area (TPSA) is 38.3 Å². The van der Waals surface area contributed by atoms with Crippen LogP contribution in [0.3, 0.4) is 0 Å². The molecule has 0 bridgehead atoms. The summed E-state index contributed by atoms with van der Waals surface area (Å²) >= 11 is 5.86. The lowest BCUT2D eigenvalue weighted by Gasteiger charge is -2.31. The zero-order chi connectivity index (χ0) is 16.3. The van der Waals surface area contributed by atoms with Gasteiger partial charge in [0, 0.05) is 6.04 Å². The Labute approximate surface area is 136 Å². The van der Waals surface area contributed by atoms with Gasteiger partial charge in [0.15, 0.2) is 0 Å². The number of rotatable bonds is 2. The van der Waals surface area contributed by atoms with Crippen molar-refractivity contribution in [3.05, 3.63) is 34.6 Å². The minimum Gasteiger partial charge on any atom is -0.444 e. The zero-order valence-electron chi connectivity index (χ0n) is 13.3. The molecule has 0 aromatic heterocycles. The van der Waals surface area contributed by atoms with Gasteiger partial charge in [-0.2, -0.15) is 0 Å². The van der Waals surface area contributed by atoms with E-state index < -0.39 is 11.4 Å². The first-order valence-electron chi connectivity index (χ1n) is 7.69. The second-order valence-corrected chi connectivity index (χ2v) is 7.29. The highest BCUT2D eigenvalue weighted by Gasteiger charge is 2.26. The van der Waals surface area contributed by atoms with Crippen molar-refractivity contribution in [1.29, 1.82) is 0 Å². The molecule has 122 valence electrons. The van der Waals surface area contributed by atoms with Crippen molar-refractivity contribution in [3.8, 4) is 0 Å². The Hall–Kier alpha value is -1.29. The van der Waals surface area contributed by atoms with Crippen LogP contribution >= 0.6 is 11.6 Å². The minimum absolute atomic E-state index is 0.0810. The van der Waals surface area contributed by atoms with E-state index in [2.05, 4.69) is 5.32 Å². The molecule has 2 atom stereocenters. The Morgan fingerprint density at radius 3 is 2.73 bits per heavy atom. The molecule has 3 nitrogen and oxygen atoms in total. The minimum atomic E-state index is -0.497. The van der Waals surface area contributed by atoms with Gasteiger partial charge in [-0.1, -0.05) is 24.1 Å². The lowest BCUT2D eigenvalue weighted by atomic mass is 9.81. The van der Waals surface area contributed by atoms with Gasteiger partial charge in [0.05, 0.1) is 5.02 Å². The van der Waals surface area contributed by atoms with E-state index in [9.17, 15) is 9.18 Å². The molecule has 0 saturated heterocycles. The summed E-state index contributed by atoms with van der Waals surface area (Å²) in [6, 6.07) is 4.96. The molecule has 1 aliphatic rings. The Morgan fingerprint density at radius 2 is 2.09 bits per heavy atom. The third-order valence-electron chi connectivity index (χ3n) is 3.81. The van der Waals surface area contributed by atoms with Crippen LogP contribution in [-0.4, -0.2) is 17.7 Å². The van der Waals surface area contributed by atoms with Gasteiger partial charge in [-0.05, 0) is 63.6 Å². The fourth-order valence-corrected chi connectivity index (χ4v) is 3.05. The first-order valence-corrected chi connectivity index (χ1v) is 8.07. The number of halogens is 2. The van der Waals surface area contributed by atoms with Crippen LogP contribution in [0.5, 0.6) is 0 Å². The predicted octanol–water partition coefficient (Wildman–Crippen LogP) is 5.03. The second-order valence-electron chi connectivity index (χ2n) is 6.88. The van der Waals surface area contributed by atoms with Crippen LogP contribution in [-0.2, 0) is 4.74 Å². The number of hydrogen-bond acceptors (Lipinski definition) is 2. The maximum Gasteiger partial charge on any atom is 0.407 e. The molecule has 1 aromatic carbocycles. The lowest BCUT2D eigenvalue weighted by molar-refractivity contribution is 0.0490. The number of ether oxygens (including phenoxy) is 1. The highest BCUT2D eigenvalue weighted by atomic mass is 35.5. The second kappa shape index (κ2) is 6.86. The van der Waals surface area contributed by atoms with E-state index in [1.165, 1.54) is 6.07 Å². The number of hydrogen-bond donors (Lipinski definition) is 1. The average Bonchev–Trinajstić information content (AvgIpc) is 2.40. The molecule has 1 amide bonds. The molecule has 1 fully saturated rings. The van der Waals surface area contributed by atoms with Gasteiger partial charge >= 0.3 is 6.09 Å². The molecule has 0 spiro atoms. The van der Waals surface area contributed by atoms with Gasteiger partial charge in [-0.15, -0.1) is 0 Å². The quantitative estimate of drug-likeness (QED) is 0.827. The fraction of sp³-hybridized carbons (Fsp3) is 0.588. The highest BCUT2D eigenvalue weighted by Crippen LogP contribution is 2.34. The van der Waals surface area contributed by atoms with Crippen molar-refractivity contribution in [1.82, 2.24) is 5.32 Å². The molecule has 1 saturated carbocycles. The van der Waals surface area contributed by atoms with Gasteiger partial charge < -0.3 is 10.1 Å². The Kier molecular flexibility index (Phi) is 5.32. The normalized spacial score (nSPS) is 22.2. The molecule has 0 heterocycles. The van der Waals surface area contributed by atoms with Crippen LogP contribution in [0.25, 0.3) is 0 Å². The highest BCUT2D eigenvalue weighted by molar-refractivity contribution is 6.30. The maximum atomic E-state index is 13.3. The van der Waals surface area contributed by atoms with E-state index in [0.717, 1.165) is 31.2 Å². The van der Waals surface area contributed by atoms with Gasteiger partial charge in [0.25, 0.3) is 0 Å². The Balaban J connectivity index is 1.96. The van der Waals surface area contributed by atoms with Gasteiger partial charge in [0.1, 0.15) is 11.4 Å². The summed E-state index contributed by atoms with van der Waals surface area (Å²) in [4.78, 5) is 11.9. The summed E-state index contributed by atoms with van der Waals surface area (Å²) in [5.74, 6) is -0.114. The first-order chi connectivity index (χ1) is 10.2. The van der Waals surface area contributed by atoms with E-state index >= 15 is 0 Å². The molecule has 5 heteroatoms. The largest absolute Gasteiger partial charge is 0.444 e. The molecular weight excluding hydrogens is 305 g/mol. The van der Waals surface area contributed by atoms with E-state index in [4.69, 9.17) is 16.3 Å². The number of nitrogens with one attached hydrogen (secondary N) is 1. The molecule has 2 unspecified atom stereocenters. The summed E-state index contributed by atoms with van der Waals surface area (Å²) in [6.07, 6.45) is 3.41. The predicted molar refractivity (Wildman–Crippen MR) is 85.8 cm³/mol. The van der Waals surface area contributed by atoms with Crippen molar-refractivity contribution < 1.29 is 13.9 Å². The summed E-state index contributed by atoms with van der Waals surface area (Å²) in [5.41, 5.74) is 0.532. The van der Waals surface area contributed by atoms with Crippen LogP contribution < -0.4 is 5.32 Å². The van der Waals surface area contributed by atoms with Crippen LogP contribution in [0, 0.1) is 5.82 Å². The van der Waals surface area contributed by atoms with Gasteiger partial charge in [-0.3, -0.25) is 0 Å². The molecule has 22 heavy (non-hydrogen) atoms. The van der Waals surface area contributed by atoms with Gasteiger partial charge in [0.2, 0.25) is 0 Å². The molecular formula is C17H23ClFNO2. The van der Waals surface area contributed by atoms with Crippen molar-refractivity contribution >= 4 is 17.7 Å². The van der Waals surface area contributed by atoms with Crippen LogP contribution in [0.4, 0.5) is 9.18 Å². The average molecular weight is 328 g/mol. The molecule has 2 rings (SSSR count). The molecule has 1 N–H and O–H groups in total. The van der Waals surface area contributed by atoms with E-state index in [-0.39, 0.29) is 23.1 Å². The van der Waals surface area contributed by atoms with Crippen LogP contribution in [0.1, 0.15) is 57.9 Å². The molecule has 0 aliphatic heterocycles. The number of carbonyl (C=O) groups is 1. The summed E-state index contributed by atoms with van der Waals surface area (Å²) < 4.78 is 18.6. The summed E-state index contributed by atoms with van der Waals surface area (Å²) in [6.45, 7) is 5.53. The third-order valence-corrected chi connectivity index (χ3v) is 4.10. The number of alkyl carbamates (subject to hydrolysis) is 1. The number of amides is 1. The van der Waals surface area contributed by atoms with Crippen molar-refractivity contribution in [3.63, 3.8) is 0 Å². The number of carbonyl (C=O) groups excluding carboxylic acids is 1. The summed E-state index contributed by atoms with van der Waals surface area (Å²) in [5, 5.41) is 3.09. The van der Waals surface area contributed by atoms with Crippen molar-refractivity contribution in [2.24, 2.45) is 0 Å². The lowest BCUT2D eigenvalue weighted by Crippen LogP contribution is -2.41. The van der Waals surface area contributed by atoms with E-state index in [1.807, 2.05) is 20.8 Å². The summed E-state index contributed by atoms with van der Waals surface area (Å²) in [7, 11) is 0. The number of benzene rings is 1. The van der Waals surface area contributed by atoms with Crippen molar-refractivity contribution in [2.75, 3.05) is 0 Å².